The van der Waals surface area contributed by atoms with Gasteiger partial charge in [-0.1, -0.05) is 0 Å². The first kappa shape index (κ1) is 63.3. The van der Waals surface area contributed by atoms with E-state index in [-0.39, 0.29) is 53.9 Å². The van der Waals surface area contributed by atoms with Gasteiger partial charge in [0.25, 0.3) is 0 Å². The summed E-state index contributed by atoms with van der Waals surface area (Å²) in [5.41, 5.74) is 0. The molecule has 4 N–H and O–H groups in total. The minimum absolute atomic E-state index is 0. The average Bonchev–Trinajstić information content (AvgIpc) is 0. The quantitative estimate of drug-likeness (QED) is 0.336. The first-order valence-corrected chi connectivity index (χ1v) is 0. The van der Waals surface area contributed by atoms with E-state index < -0.39 is 0 Å². The fraction of sp³-hybridized carbons (Fsp3) is 0. The van der Waals surface area contributed by atoms with Crippen molar-refractivity contribution in [3.8, 4) is 0 Å². The van der Waals surface area contributed by atoms with E-state index in [2.05, 4.69) is 0 Å². The van der Waals surface area contributed by atoms with Gasteiger partial charge in [-0.2, -0.15) is 0 Å². The molecule has 0 aliphatic rings. The van der Waals surface area contributed by atoms with Gasteiger partial charge in [0.2, 0.25) is 0 Å². The van der Waals surface area contributed by atoms with Gasteiger partial charge in [0.05, 0.1) is 0 Å². The van der Waals surface area contributed by atoms with E-state index in [0.717, 1.165) is 0 Å². The van der Waals surface area contributed by atoms with Crippen molar-refractivity contribution in [1.29, 1.82) is 0 Å². The summed E-state index contributed by atoms with van der Waals surface area (Å²) in [7, 11) is 0. The summed E-state index contributed by atoms with van der Waals surface area (Å²) >= 11 is 0. The zero-order valence-electron chi connectivity index (χ0n) is 4.09. The van der Waals surface area contributed by atoms with Crippen LogP contribution >= 0.6 is 0 Å². The van der Waals surface area contributed by atoms with Gasteiger partial charge < -0.3 is 13.8 Å². The Hall–Kier alpha value is 1.21. The predicted molar refractivity (Wildman–Crippen MR) is 15.2 cm³/mol. The van der Waals surface area contributed by atoms with Gasteiger partial charge >= 0.3 is 23.1 Å². The molecule has 0 atom stereocenters. The van der Waals surface area contributed by atoms with Crippen molar-refractivity contribution in [2.75, 3.05) is 0 Å². The number of hydrogen-bond donors (Lipinski definition) is 0. The molecule has 0 aromatic carbocycles. The topological polar surface area (TPSA) is 63.0 Å². The van der Waals surface area contributed by atoms with Crippen molar-refractivity contribution in [3.05, 3.63) is 0 Å². The van der Waals surface area contributed by atoms with Crippen molar-refractivity contribution in [2.45, 2.75) is 0 Å². The molecule has 0 aliphatic carbocycles. The largest absolute Gasteiger partial charge is 2.00 e. The summed E-state index contributed by atoms with van der Waals surface area (Å²) in [4.78, 5) is 0. The molecule has 1 radical (unpaired) electrons. The van der Waals surface area contributed by atoms with Crippen LogP contribution in [0.25, 0.3) is 0 Å². The van der Waals surface area contributed by atoms with Gasteiger partial charge in [-0.15, -0.1) is 0 Å². The van der Waals surface area contributed by atoms with Crippen molar-refractivity contribution < 1.29 is 30.9 Å². The molecule has 4 heavy (non-hydrogen) atoms. The standard InChI is InChI=1S/Mg.Mn.2H2O.2H/h;;2*1H2;;/q+2;;;;2*-1. The van der Waals surface area contributed by atoms with Crippen molar-refractivity contribution in [1.82, 2.24) is 0 Å². The summed E-state index contributed by atoms with van der Waals surface area (Å²) in [5.74, 6) is 0. The van der Waals surface area contributed by atoms with Gasteiger partial charge in [-0.05, 0) is 0 Å². The maximum Gasteiger partial charge on any atom is 2.00 e. The molecule has 0 rings (SSSR count). The zero-order valence-corrected chi connectivity index (χ0v) is 4.68. The van der Waals surface area contributed by atoms with Crippen molar-refractivity contribution >= 4 is 23.1 Å². The first-order valence-electron chi connectivity index (χ1n) is 0. The third-order valence-electron chi connectivity index (χ3n) is 0. The molecule has 0 saturated carbocycles. The van der Waals surface area contributed by atoms with Crippen molar-refractivity contribution in [2.24, 2.45) is 0 Å². The van der Waals surface area contributed by atoms with Crippen LogP contribution in [0, 0.1) is 0 Å². The Bertz CT molecular complexity index is 11.5. The molecular weight excluding hydrogens is 111 g/mol. The van der Waals surface area contributed by atoms with Gasteiger partial charge in [0.1, 0.15) is 0 Å². The van der Waals surface area contributed by atoms with E-state index in [4.69, 9.17) is 0 Å². The molecule has 0 aromatic heterocycles. The van der Waals surface area contributed by atoms with Gasteiger partial charge in [0, 0.05) is 17.1 Å². The minimum atomic E-state index is 0. The molecule has 4 heteroatoms. The second-order valence-electron chi connectivity index (χ2n) is 0. The fourth-order valence-electron chi connectivity index (χ4n) is 0. The maximum atomic E-state index is 0. The Morgan fingerprint density at radius 3 is 1.00 bits per heavy atom. The molecule has 27 valence electrons. The predicted octanol–water partition coefficient (Wildman–Crippen LogP) is -1.81. The Morgan fingerprint density at radius 1 is 1.00 bits per heavy atom. The molecule has 0 fully saturated rings. The van der Waals surface area contributed by atoms with E-state index in [1.54, 1.807) is 0 Å². The third-order valence-corrected chi connectivity index (χ3v) is 0. The summed E-state index contributed by atoms with van der Waals surface area (Å²) in [6.45, 7) is 0. The van der Waals surface area contributed by atoms with Crippen LogP contribution in [0.1, 0.15) is 2.85 Å². The third kappa shape index (κ3) is 10.7. The first-order chi connectivity index (χ1) is 0. The molecule has 0 aromatic rings. The van der Waals surface area contributed by atoms with Crippen LogP contribution in [0.5, 0.6) is 0 Å². The molecule has 0 amide bonds. The number of hydrogen-bond acceptors (Lipinski definition) is 0. The van der Waals surface area contributed by atoms with Crippen LogP contribution in [0.4, 0.5) is 0 Å². The van der Waals surface area contributed by atoms with Gasteiger partial charge in [-0.3, -0.25) is 0 Å². The summed E-state index contributed by atoms with van der Waals surface area (Å²) in [6, 6.07) is 0. The van der Waals surface area contributed by atoms with Crippen LogP contribution in [0.15, 0.2) is 0 Å². The molecule has 0 saturated heterocycles. The van der Waals surface area contributed by atoms with Crippen LogP contribution in [0.2, 0.25) is 0 Å². The summed E-state index contributed by atoms with van der Waals surface area (Å²) in [6.07, 6.45) is 0. The normalized spacial score (nSPS) is 0. The smallest absolute Gasteiger partial charge is 1.00 e. The van der Waals surface area contributed by atoms with Gasteiger partial charge in [-0.25, -0.2) is 0 Å². The average molecular weight is 117 g/mol. The SMILES string of the molecule is O.O.[H-].[H-].[Mg+2].[Mn]. The van der Waals surface area contributed by atoms with Crippen LogP contribution < -0.4 is 0 Å². The van der Waals surface area contributed by atoms with E-state index in [0.29, 0.717) is 0 Å². The van der Waals surface area contributed by atoms with Gasteiger partial charge in [0.15, 0.2) is 0 Å². The summed E-state index contributed by atoms with van der Waals surface area (Å²) < 4.78 is 0. The van der Waals surface area contributed by atoms with Crippen LogP contribution in [-0.2, 0) is 17.1 Å². The Balaban J connectivity index is 0. The summed E-state index contributed by atoms with van der Waals surface area (Å²) in [5, 5.41) is 0. The number of rotatable bonds is 0. The van der Waals surface area contributed by atoms with Crippen LogP contribution in [-0.4, -0.2) is 34.0 Å². The maximum absolute atomic E-state index is 0. The molecule has 0 aliphatic heterocycles. The molecule has 2 nitrogen and oxygen atoms in total. The minimum Gasteiger partial charge on any atom is -1.00 e. The Morgan fingerprint density at radius 2 is 1.00 bits per heavy atom. The molecular formula is H6MgMnO2. The second kappa shape index (κ2) is 29.7. The van der Waals surface area contributed by atoms with E-state index in [9.17, 15) is 0 Å². The van der Waals surface area contributed by atoms with Crippen molar-refractivity contribution in [3.63, 3.8) is 0 Å². The Kier molecular flexibility index (Phi) is 471. The zero-order chi connectivity index (χ0) is 0. The molecule has 0 unspecified atom stereocenters. The van der Waals surface area contributed by atoms with E-state index in [1.165, 1.54) is 0 Å². The van der Waals surface area contributed by atoms with E-state index in [1.807, 2.05) is 0 Å². The van der Waals surface area contributed by atoms with Crippen LogP contribution in [0.3, 0.4) is 0 Å². The fourth-order valence-corrected chi connectivity index (χ4v) is 0. The molecule has 0 bridgehead atoms. The Labute approximate surface area is 54.2 Å². The van der Waals surface area contributed by atoms with E-state index >= 15 is 0 Å². The molecule has 0 spiro atoms. The monoisotopic (exact) mass is 117 g/mol. The molecule has 0 heterocycles. The second-order valence-corrected chi connectivity index (χ2v) is 0.